The normalized spacial score (nSPS) is 11.1. The Balaban J connectivity index is 1.74. The van der Waals surface area contributed by atoms with Crippen LogP contribution in [0.2, 0.25) is 0 Å². The standard InChI is InChI=1S/C30H28N4O6/c1-18-26(29(37)33(31-18)21-10-6-4-7-11-21)28(20-14-15-23(24(16-20)39-3)40-17-25(35)36)27-19(2)32-34(30(27)38)22-12-8-5-9-13-22/h4-16,28,31-32H,17H2,1-3H3,(H,35,36). The summed E-state index contributed by atoms with van der Waals surface area (Å²) in [6.45, 7) is 3.04. The van der Waals surface area contributed by atoms with Crippen LogP contribution in [0, 0.1) is 13.8 Å². The van der Waals surface area contributed by atoms with Crippen LogP contribution in [-0.4, -0.2) is 44.4 Å². The minimum absolute atomic E-state index is 0.229. The molecule has 0 radical (unpaired) electrons. The van der Waals surface area contributed by atoms with Crippen molar-refractivity contribution >= 4 is 5.97 Å². The summed E-state index contributed by atoms with van der Waals surface area (Å²) >= 11 is 0. The van der Waals surface area contributed by atoms with Crippen LogP contribution in [-0.2, 0) is 4.79 Å². The first-order chi connectivity index (χ1) is 19.3. The van der Waals surface area contributed by atoms with E-state index >= 15 is 0 Å². The number of ether oxygens (including phenoxy) is 2. The zero-order valence-electron chi connectivity index (χ0n) is 22.2. The van der Waals surface area contributed by atoms with Gasteiger partial charge < -0.3 is 14.6 Å². The number of nitrogens with one attached hydrogen (secondary N) is 2. The Hall–Kier alpha value is -5.25. The van der Waals surface area contributed by atoms with E-state index in [1.54, 1.807) is 32.0 Å². The number of carboxylic acid groups (broad SMARTS) is 1. The Kier molecular flexibility index (Phi) is 7.15. The summed E-state index contributed by atoms with van der Waals surface area (Å²) in [5.74, 6) is -1.41. The van der Waals surface area contributed by atoms with Crippen LogP contribution in [0.15, 0.2) is 88.5 Å². The molecule has 5 aromatic rings. The van der Waals surface area contributed by atoms with Crippen LogP contribution in [0.1, 0.15) is 34.0 Å². The SMILES string of the molecule is COc1cc(C(c2c(C)[nH]n(-c3ccccc3)c2=O)c2c(C)[nH]n(-c3ccccc3)c2=O)ccc1OCC(=O)O. The number of carbonyl (C=O) groups is 1. The Labute approximate surface area is 229 Å². The minimum atomic E-state index is -1.13. The molecule has 0 saturated heterocycles. The number of aromatic nitrogens is 4. The molecule has 40 heavy (non-hydrogen) atoms. The van der Waals surface area contributed by atoms with Crippen molar-refractivity contribution in [3.63, 3.8) is 0 Å². The molecule has 204 valence electrons. The Morgan fingerprint density at radius 2 is 1.30 bits per heavy atom. The molecule has 10 heteroatoms. The third-order valence-corrected chi connectivity index (χ3v) is 6.71. The monoisotopic (exact) mass is 540 g/mol. The Morgan fingerprint density at radius 3 is 1.75 bits per heavy atom. The second-order valence-corrected chi connectivity index (χ2v) is 9.28. The minimum Gasteiger partial charge on any atom is -0.493 e. The number of rotatable bonds is 9. The molecule has 0 aliphatic rings. The van der Waals surface area contributed by atoms with Gasteiger partial charge in [-0.2, -0.15) is 0 Å². The van der Waals surface area contributed by atoms with Crippen LogP contribution in [0.3, 0.4) is 0 Å². The van der Waals surface area contributed by atoms with E-state index in [0.717, 1.165) is 0 Å². The summed E-state index contributed by atoms with van der Waals surface area (Å²) in [4.78, 5) is 39.0. The van der Waals surface area contributed by atoms with E-state index in [4.69, 9.17) is 14.6 Å². The lowest BCUT2D eigenvalue weighted by molar-refractivity contribution is -0.139. The van der Waals surface area contributed by atoms with Crippen molar-refractivity contribution in [1.82, 2.24) is 19.6 Å². The molecule has 0 aliphatic heterocycles. The number of H-pyrrole nitrogens is 2. The highest BCUT2D eigenvalue weighted by Crippen LogP contribution is 2.37. The van der Waals surface area contributed by atoms with Gasteiger partial charge in [-0.3, -0.25) is 19.8 Å². The van der Waals surface area contributed by atoms with Crippen LogP contribution < -0.4 is 20.6 Å². The summed E-state index contributed by atoms with van der Waals surface area (Å²) in [6, 6.07) is 23.3. The van der Waals surface area contributed by atoms with Crippen molar-refractivity contribution in [3.05, 3.63) is 128 Å². The molecule has 3 N–H and O–H groups in total. The molecule has 2 heterocycles. The van der Waals surface area contributed by atoms with Gasteiger partial charge in [-0.15, -0.1) is 0 Å². The molecule has 2 aromatic heterocycles. The lowest BCUT2D eigenvalue weighted by Crippen LogP contribution is -2.25. The highest BCUT2D eigenvalue weighted by atomic mass is 16.5. The molecule has 3 aromatic carbocycles. The first kappa shape index (κ1) is 26.4. The van der Waals surface area contributed by atoms with Crippen LogP contribution >= 0.6 is 0 Å². The first-order valence-corrected chi connectivity index (χ1v) is 12.6. The molecule has 0 fully saturated rings. The fraction of sp³-hybridized carbons (Fsp3) is 0.167. The van der Waals surface area contributed by atoms with Crippen molar-refractivity contribution in [2.45, 2.75) is 19.8 Å². The van der Waals surface area contributed by atoms with Gasteiger partial charge in [0.15, 0.2) is 18.1 Å². The van der Waals surface area contributed by atoms with Crippen molar-refractivity contribution in [1.29, 1.82) is 0 Å². The fourth-order valence-corrected chi connectivity index (χ4v) is 4.92. The molecular formula is C30H28N4O6. The number of benzene rings is 3. The van der Waals surface area contributed by atoms with E-state index in [0.29, 0.717) is 39.5 Å². The van der Waals surface area contributed by atoms with Crippen molar-refractivity contribution < 1.29 is 19.4 Å². The number of aromatic amines is 2. The zero-order chi connectivity index (χ0) is 28.4. The van der Waals surface area contributed by atoms with Gasteiger partial charge in [-0.25, -0.2) is 14.2 Å². The molecule has 0 atom stereocenters. The lowest BCUT2D eigenvalue weighted by Gasteiger charge is -2.18. The zero-order valence-corrected chi connectivity index (χ0v) is 22.2. The topological polar surface area (TPSA) is 131 Å². The summed E-state index contributed by atoms with van der Waals surface area (Å²) in [7, 11) is 1.44. The molecule has 0 saturated carbocycles. The summed E-state index contributed by atoms with van der Waals surface area (Å²) in [6.07, 6.45) is 0. The van der Waals surface area contributed by atoms with Crippen molar-refractivity contribution in [2.24, 2.45) is 0 Å². The van der Waals surface area contributed by atoms with Gasteiger partial charge in [0.2, 0.25) is 0 Å². The van der Waals surface area contributed by atoms with Gasteiger partial charge in [0.25, 0.3) is 11.1 Å². The maximum absolute atomic E-state index is 14.0. The molecule has 0 amide bonds. The van der Waals surface area contributed by atoms with E-state index in [1.165, 1.54) is 16.5 Å². The molecule has 0 spiro atoms. The number of hydrogen-bond acceptors (Lipinski definition) is 5. The number of carboxylic acids is 1. The maximum Gasteiger partial charge on any atom is 0.341 e. The fourth-order valence-electron chi connectivity index (χ4n) is 4.92. The smallest absolute Gasteiger partial charge is 0.341 e. The van der Waals surface area contributed by atoms with Crippen LogP contribution in [0.25, 0.3) is 11.4 Å². The third-order valence-electron chi connectivity index (χ3n) is 6.71. The van der Waals surface area contributed by atoms with Gasteiger partial charge in [-0.05, 0) is 55.8 Å². The first-order valence-electron chi connectivity index (χ1n) is 12.6. The average Bonchev–Trinajstić information content (AvgIpc) is 3.43. The van der Waals surface area contributed by atoms with Crippen molar-refractivity contribution in [2.75, 3.05) is 13.7 Å². The number of para-hydroxylation sites is 2. The Bertz CT molecular complexity index is 1680. The number of hydrogen-bond donors (Lipinski definition) is 3. The van der Waals surface area contributed by atoms with Gasteiger partial charge in [-0.1, -0.05) is 42.5 Å². The van der Waals surface area contributed by atoms with E-state index in [-0.39, 0.29) is 22.6 Å². The van der Waals surface area contributed by atoms with E-state index < -0.39 is 18.5 Å². The number of nitrogens with zero attached hydrogens (tertiary/aromatic N) is 2. The summed E-state index contributed by atoms with van der Waals surface area (Å²) in [5.41, 5.74) is 3.28. The highest BCUT2D eigenvalue weighted by molar-refractivity contribution is 5.68. The predicted octanol–water partition coefficient (Wildman–Crippen LogP) is 3.91. The van der Waals surface area contributed by atoms with Gasteiger partial charge in [0.05, 0.1) is 29.6 Å². The summed E-state index contributed by atoms with van der Waals surface area (Å²) in [5, 5.41) is 15.4. The van der Waals surface area contributed by atoms with Gasteiger partial charge in [0.1, 0.15) is 0 Å². The predicted molar refractivity (Wildman–Crippen MR) is 149 cm³/mol. The van der Waals surface area contributed by atoms with E-state index in [9.17, 15) is 14.4 Å². The average molecular weight is 541 g/mol. The molecule has 0 aliphatic carbocycles. The number of aliphatic carboxylic acids is 1. The largest absolute Gasteiger partial charge is 0.493 e. The Morgan fingerprint density at radius 1 is 0.800 bits per heavy atom. The quantitative estimate of drug-likeness (QED) is 0.260. The summed E-state index contributed by atoms with van der Waals surface area (Å²) < 4.78 is 13.8. The second-order valence-electron chi connectivity index (χ2n) is 9.28. The molecular weight excluding hydrogens is 512 g/mol. The van der Waals surface area contributed by atoms with Gasteiger partial charge in [0, 0.05) is 17.3 Å². The van der Waals surface area contributed by atoms with E-state index in [2.05, 4.69) is 10.2 Å². The van der Waals surface area contributed by atoms with Crippen LogP contribution in [0.5, 0.6) is 11.5 Å². The molecule has 10 nitrogen and oxygen atoms in total. The molecule has 0 unspecified atom stereocenters. The number of aryl methyl sites for hydroxylation is 2. The number of methoxy groups -OCH3 is 1. The maximum atomic E-state index is 14.0. The van der Waals surface area contributed by atoms with Crippen molar-refractivity contribution in [3.8, 4) is 22.9 Å². The van der Waals surface area contributed by atoms with Crippen LogP contribution in [0.4, 0.5) is 0 Å². The molecule has 0 bridgehead atoms. The third kappa shape index (κ3) is 4.82. The lowest BCUT2D eigenvalue weighted by atomic mass is 9.85. The van der Waals surface area contributed by atoms with Gasteiger partial charge >= 0.3 is 5.97 Å². The second kappa shape index (κ2) is 10.9. The van der Waals surface area contributed by atoms with E-state index in [1.807, 2.05) is 60.7 Å². The molecule has 5 rings (SSSR count). The highest BCUT2D eigenvalue weighted by Gasteiger charge is 2.31.